The van der Waals surface area contributed by atoms with Gasteiger partial charge in [0.15, 0.2) is 5.78 Å². The molecule has 0 spiro atoms. The molecule has 1 aromatic carbocycles. The van der Waals surface area contributed by atoms with E-state index in [1.165, 1.54) is 18.5 Å². The molecule has 20 heavy (non-hydrogen) atoms. The minimum atomic E-state index is 0.134. The molecule has 1 saturated heterocycles. The third-order valence-electron chi connectivity index (χ3n) is 4.41. The van der Waals surface area contributed by atoms with E-state index in [1.54, 1.807) is 6.92 Å². The second kappa shape index (κ2) is 6.89. The molecule has 1 aliphatic rings. The summed E-state index contributed by atoms with van der Waals surface area (Å²) in [5.74, 6) is 0.134. The summed E-state index contributed by atoms with van der Waals surface area (Å²) in [7, 11) is 0. The molecule has 0 aromatic heterocycles. The van der Waals surface area contributed by atoms with Crippen molar-refractivity contribution in [1.82, 2.24) is 4.90 Å². The maximum atomic E-state index is 11.3. The first kappa shape index (κ1) is 15.0. The topological polar surface area (TPSA) is 23.6 Å². The second-order valence-electron chi connectivity index (χ2n) is 5.60. The summed E-state index contributed by atoms with van der Waals surface area (Å²) in [6.45, 7) is 10.6. The number of carbonyl (C=O) groups excluding carboxylic acids is 1. The summed E-state index contributed by atoms with van der Waals surface area (Å²) >= 11 is 0. The van der Waals surface area contributed by atoms with Crippen molar-refractivity contribution >= 4 is 11.5 Å². The van der Waals surface area contributed by atoms with Crippen LogP contribution in [0.5, 0.6) is 0 Å². The Morgan fingerprint density at radius 1 is 1.05 bits per heavy atom. The summed E-state index contributed by atoms with van der Waals surface area (Å²) < 4.78 is 0. The van der Waals surface area contributed by atoms with Gasteiger partial charge in [-0.25, -0.2) is 0 Å². The highest BCUT2D eigenvalue weighted by atomic mass is 16.1. The summed E-state index contributed by atoms with van der Waals surface area (Å²) in [4.78, 5) is 16.3. The van der Waals surface area contributed by atoms with E-state index in [0.717, 1.165) is 37.8 Å². The van der Waals surface area contributed by atoms with Gasteiger partial charge in [-0.2, -0.15) is 0 Å². The van der Waals surface area contributed by atoms with Crippen molar-refractivity contribution in [2.24, 2.45) is 0 Å². The van der Waals surface area contributed by atoms with Gasteiger partial charge in [0.25, 0.3) is 0 Å². The molecule has 0 aliphatic carbocycles. The average Bonchev–Trinajstić information content (AvgIpc) is 2.49. The first-order valence-electron chi connectivity index (χ1n) is 7.75. The van der Waals surface area contributed by atoms with Crippen molar-refractivity contribution in [1.29, 1.82) is 0 Å². The number of benzene rings is 1. The normalized spacial score (nSPS) is 16.7. The molecule has 0 bridgehead atoms. The Morgan fingerprint density at radius 2 is 1.60 bits per heavy atom. The fourth-order valence-electron chi connectivity index (χ4n) is 3.06. The molecule has 0 atom stereocenters. The summed E-state index contributed by atoms with van der Waals surface area (Å²) in [5.41, 5.74) is 2.03. The van der Waals surface area contributed by atoms with E-state index in [4.69, 9.17) is 0 Å². The Bertz CT molecular complexity index is 429. The van der Waals surface area contributed by atoms with Gasteiger partial charge in [0.1, 0.15) is 0 Å². The molecule has 1 heterocycles. The zero-order valence-electron chi connectivity index (χ0n) is 12.9. The molecular formula is C17H26N2O. The van der Waals surface area contributed by atoms with Crippen LogP contribution < -0.4 is 4.90 Å². The Hall–Kier alpha value is -1.35. The van der Waals surface area contributed by atoms with Gasteiger partial charge >= 0.3 is 0 Å². The summed E-state index contributed by atoms with van der Waals surface area (Å²) in [6.07, 6.45) is 2.48. The van der Waals surface area contributed by atoms with Gasteiger partial charge in [-0.15, -0.1) is 0 Å². The minimum absolute atomic E-state index is 0.134. The molecule has 3 heteroatoms. The van der Waals surface area contributed by atoms with E-state index in [1.807, 2.05) is 12.1 Å². The van der Waals surface area contributed by atoms with Crippen molar-refractivity contribution in [3.05, 3.63) is 29.8 Å². The quantitative estimate of drug-likeness (QED) is 0.770. The van der Waals surface area contributed by atoms with Gasteiger partial charge < -0.3 is 4.90 Å². The number of carbonyl (C=O) groups is 1. The van der Waals surface area contributed by atoms with Gasteiger partial charge in [-0.3, -0.25) is 9.69 Å². The number of anilines is 1. The van der Waals surface area contributed by atoms with Crippen molar-refractivity contribution in [2.45, 2.75) is 39.7 Å². The summed E-state index contributed by atoms with van der Waals surface area (Å²) in [6, 6.07) is 8.75. The third-order valence-corrected chi connectivity index (χ3v) is 4.41. The highest BCUT2D eigenvalue weighted by Crippen LogP contribution is 2.19. The molecule has 1 aliphatic heterocycles. The van der Waals surface area contributed by atoms with Crippen molar-refractivity contribution < 1.29 is 4.79 Å². The standard InChI is InChI=1S/C17H26N2O/c1-4-16(5-2)18-10-12-19(13-11-18)17-8-6-15(7-9-17)14(3)20/h6-9,16H,4-5,10-13H2,1-3H3. The number of Topliss-reactive ketones (excluding diaryl/α,β-unsaturated/α-hetero) is 1. The molecule has 3 nitrogen and oxygen atoms in total. The van der Waals surface area contributed by atoms with E-state index >= 15 is 0 Å². The van der Waals surface area contributed by atoms with Crippen LogP contribution in [0.15, 0.2) is 24.3 Å². The first-order valence-corrected chi connectivity index (χ1v) is 7.75. The number of piperazine rings is 1. The lowest BCUT2D eigenvalue weighted by Crippen LogP contribution is -2.50. The number of hydrogen-bond acceptors (Lipinski definition) is 3. The van der Waals surface area contributed by atoms with Crippen molar-refractivity contribution in [3.63, 3.8) is 0 Å². The van der Waals surface area contributed by atoms with E-state index in [9.17, 15) is 4.79 Å². The predicted molar refractivity (Wildman–Crippen MR) is 84.6 cm³/mol. The van der Waals surface area contributed by atoms with Crippen molar-refractivity contribution in [2.75, 3.05) is 31.1 Å². The average molecular weight is 274 g/mol. The van der Waals surface area contributed by atoms with Crippen LogP contribution in [0.2, 0.25) is 0 Å². The Balaban J connectivity index is 1.95. The Labute approximate surface area is 122 Å². The minimum Gasteiger partial charge on any atom is -0.369 e. The lowest BCUT2D eigenvalue weighted by Gasteiger charge is -2.39. The SMILES string of the molecule is CCC(CC)N1CCN(c2ccc(C(C)=O)cc2)CC1. The molecule has 0 saturated carbocycles. The molecule has 110 valence electrons. The predicted octanol–water partition coefficient (Wildman–Crippen LogP) is 3.20. The van der Waals surface area contributed by atoms with Gasteiger partial charge in [-0.1, -0.05) is 13.8 Å². The highest BCUT2D eigenvalue weighted by Gasteiger charge is 2.21. The maximum Gasteiger partial charge on any atom is 0.159 e. The number of nitrogens with zero attached hydrogens (tertiary/aromatic N) is 2. The lowest BCUT2D eigenvalue weighted by molar-refractivity contribution is 0.101. The van der Waals surface area contributed by atoms with Crippen LogP contribution in [0.1, 0.15) is 44.0 Å². The number of ketones is 1. The summed E-state index contributed by atoms with van der Waals surface area (Å²) in [5, 5.41) is 0. The van der Waals surface area contributed by atoms with Crippen LogP contribution in [-0.4, -0.2) is 42.9 Å². The monoisotopic (exact) mass is 274 g/mol. The van der Waals surface area contributed by atoms with Gasteiger partial charge in [0.2, 0.25) is 0 Å². The molecule has 1 fully saturated rings. The van der Waals surface area contributed by atoms with Crippen LogP contribution in [0.4, 0.5) is 5.69 Å². The number of hydrogen-bond donors (Lipinski definition) is 0. The molecule has 0 radical (unpaired) electrons. The Kier molecular flexibility index (Phi) is 5.18. The van der Waals surface area contributed by atoms with Crippen LogP contribution in [0.25, 0.3) is 0 Å². The van der Waals surface area contributed by atoms with Gasteiger partial charge in [0, 0.05) is 43.5 Å². The first-order chi connectivity index (χ1) is 9.65. The molecule has 2 rings (SSSR count). The van der Waals surface area contributed by atoms with E-state index in [-0.39, 0.29) is 5.78 Å². The number of rotatable bonds is 5. The largest absolute Gasteiger partial charge is 0.369 e. The zero-order chi connectivity index (χ0) is 14.5. The third kappa shape index (κ3) is 3.40. The van der Waals surface area contributed by atoms with E-state index < -0.39 is 0 Å². The zero-order valence-corrected chi connectivity index (χ0v) is 12.9. The Morgan fingerprint density at radius 3 is 2.05 bits per heavy atom. The second-order valence-corrected chi connectivity index (χ2v) is 5.60. The maximum absolute atomic E-state index is 11.3. The van der Waals surface area contributed by atoms with Crippen LogP contribution in [0, 0.1) is 0 Å². The van der Waals surface area contributed by atoms with Crippen LogP contribution in [-0.2, 0) is 0 Å². The van der Waals surface area contributed by atoms with Crippen LogP contribution in [0.3, 0.4) is 0 Å². The fourth-order valence-corrected chi connectivity index (χ4v) is 3.06. The van der Waals surface area contributed by atoms with E-state index in [2.05, 4.69) is 35.8 Å². The molecule has 0 N–H and O–H groups in total. The smallest absolute Gasteiger partial charge is 0.159 e. The fraction of sp³-hybridized carbons (Fsp3) is 0.588. The molecule has 1 aromatic rings. The molecular weight excluding hydrogens is 248 g/mol. The van der Waals surface area contributed by atoms with Crippen molar-refractivity contribution in [3.8, 4) is 0 Å². The molecule has 0 unspecified atom stereocenters. The highest BCUT2D eigenvalue weighted by molar-refractivity contribution is 5.94. The van der Waals surface area contributed by atoms with Gasteiger partial charge in [-0.05, 0) is 44.0 Å². The van der Waals surface area contributed by atoms with E-state index in [0.29, 0.717) is 0 Å². The molecule has 0 amide bonds. The lowest BCUT2D eigenvalue weighted by atomic mass is 10.1. The van der Waals surface area contributed by atoms with Crippen LogP contribution >= 0.6 is 0 Å². The van der Waals surface area contributed by atoms with Gasteiger partial charge in [0.05, 0.1) is 0 Å².